The summed E-state index contributed by atoms with van der Waals surface area (Å²) >= 11 is 0. The molecule has 7 heteroatoms. The van der Waals surface area contributed by atoms with Crippen LogP contribution >= 0.6 is 0 Å². The van der Waals surface area contributed by atoms with Crippen LogP contribution in [0.4, 0.5) is 0 Å². The fourth-order valence-corrected chi connectivity index (χ4v) is 5.21. The van der Waals surface area contributed by atoms with Gasteiger partial charge in [0.25, 0.3) is 0 Å². The zero-order valence-electron chi connectivity index (χ0n) is 14.1. The van der Waals surface area contributed by atoms with Gasteiger partial charge in [-0.1, -0.05) is 18.2 Å². The van der Waals surface area contributed by atoms with Gasteiger partial charge in [0.2, 0.25) is 0 Å². The van der Waals surface area contributed by atoms with E-state index >= 15 is 0 Å². The number of hydrogen-bond acceptors (Lipinski definition) is 4. The number of ether oxygens (including phenoxy) is 2. The van der Waals surface area contributed by atoms with Crippen LogP contribution in [0.5, 0.6) is 0 Å². The number of sulfone groups is 1. The van der Waals surface area contributed by atoms with Crippen molar-refractivity contribution in [1.29, 1.82) is 0 Å². The first-order chi connectivity index (χ1) is 11.6. The summed E-state index contributed by atoms with van der Waals surface area (Å²) in [6.45, 7) is 7.56. The lowest BCUT2D eigenvalue weighted by Gasteiger charge is -2.34. The summed E-state index contributed by atoms with van der Waals surface area (Å²) in [5, 5.41) is 0. The summed E-state index contributed by atoms with van der Waals surface area (Å²) in [5.74, 6) is 0.205. The van der Waals surface area contributed by atoms with E-state index in [2.05, 4.69) is 0 Å². The molecule has 2 heterocycles. The van der Waals surface area contributed by atoms with Crippen LogP contribution in [0.25, 0.3) is 0 Å². The van der Waals surface area contributed by atoms with Crippen molar-refractivity contribution < 1.29 is 27.7 Å². The van der Waals surface area contributed by atoms with Gasteiger partial charge in [0.05, 0.1) is 31.3 Å². The van der Waals surface area contributed by atoms with E-state index in [0.29, 0.717) is 4.90 Å². The van der Waals surface area contributed by atoms with Crippen LogP contribution in [0.15, 0.2) is 35.2 Å². The van der Waals surface area contributed by atoms with Crippen molar-refractivity contribution in [1.82, 2.24) is 0 Å². The molecular weight excluding hydrogens is 328 g/mol. The van der Waals surface area contributed by atoms with Crippen molar-refractivity contribution in [3.8, 4) is 0 Å². The third-order valence-electron chi connectivity index (χ3n) is 4.97. The third kappa shape index (κ3) is 4.77. The Balaban J connectivity index is 1.73. The van der Waals surface area contributed by atoms with Crippen molar-refractivity contribution >= 4 is 9.84 Å². The van der Waals surface area contributed by atoms with Crippen molar-refractivity contribution in [2.75, 3.05) is 64.9 Å². The monoisotopic (exact) mass is 356 g/mol. The van der Waals surface area contributed by atoms with Crippen LogP contribution in [0.3, 0.4) is 0 Å². The first-order valence-electron chi connectivity index (χ1n) is 8.76. The van der Waals surface area contributed by atoms with E-state index < -0.39 is 9.84 Å². The van der Waals surface area contributed by atoms with E-state index in [4.69, 9.17) is 9.47 Å². The SMILES string of the molecule is O=S(=O)(C[C@H](C[NH+]1CCOCC1)[NH+]1CCOCC1)c1ccccc1. The van der Waals surface area contributed by atoms with E-state index in [0.717, 1.165) is 59.2 Å². The lowest BCUT2D eigenvalue weighted by molar-refractivity contribution is -0.981. The predicted octanol–water partition coefficient (Wildman–Crippen LogP) is -2.34. The molecule has 1 aromatic carbocycles. The molecule has 0 bridgehead atoms. The third-order valence-corrected chi connectivity index (χ3v) is 6.80. The van der Waals surface area contributed by atoms with Gasteiger partial charge in [-0.15, -0.1) is 0 Å². The Labute approximate surface area is 144 Å². The normalized spacial score (nSPS) is 22.3. The fraction of sp³-hybridized carbons (Fsp3) is 0.647. The second-order valence-electron chi connectivity index (χ2n) is 6.63. The average Bonchev–Trinajstić information content (AvgIpc) is 2.63. The fourth-order valence-electron chi connectivity index (χ4n) is 3.56. The van der Waals surface area contributed by atoms with Gasteiger partial charge in [0.1, 0.15) is 38.5 Å². The minimum atomic E-state index is -3.27. The number of nitrogens with one attached hydrogen (secondary N) is 2. The molecule has 2 aliphatic heterocycles. The maximum atomic E-state index is 12.8. The number of rotatable bonds is 6. The molecule has 0 unspecified atom stereocenters. The highest BCUT2D eigenvalue weighted by Crippen LogP contribution is 2.10. The molecule has 0 radical (unpaired) electrons. The second-order valence-corrected chi connectivity index (χ2v) is 8.66. The van der Waals surface area contributed by atoms with Crippen LogP contribution in [-0.2, 0) is 19.3 Å². The van der Waals surface area contributed by atoms with E-state index in [9.17, 15) is 8.42 Å². The van der Waals surface area contributed by atoms with Crippen LogP contribution in [-0.4, -0.2) is 79.4 Å². The van der Waals surface area contributed by atoms with Crippen LogP contribution in [0.2, 0.25) is 0 Å². The molecule has 2 aliphatic rings. The van der Waals surface area contributed by atoms with E-state index in [1.165, 1.54) is 9.80 Å². The van der Waals surface area contributed by atoms with E-state index in [1.54, 1.807) is 24.3 Å². The molecule has 6 nitrogen and oxygen atoms in total. The molecule has 0 aliphatic carbocycles. The van der Waals surface area contributed by atoms with Gasteiger partial charge in [0, 0.05) is 0 Å². The molecule has 3 rings (SSSR count). The Bertz CT molecular complexity index is 596. The number of benzene rings is 1. The molecule has 24 heavy (non-hydrogen) atoms. The van der Waals surface area contributed by atoms with E-state index in [1.807, 2.05) is 6.07 Å². The summed E-state index contributed by atoms with van der Waals surface area (Å²) in [6.07, 6.45) is 0. The van der Waals surface area contributed by atoms with Gasteiger partial charge in [-0.05, 0) is 12.1 Å². The molecule has 2 saturated heterocycles. The molecule has 0 spiro atoms. The Morgan fingerprint density at radius 1 is 0.917 bits per heavy atom. The molecular formula is C17H28N2O4S+2. The quantitative estimate of drug-likeness (QED) is 0.600. The number of morpholine rings is 2. The van der Waals surface area contributed by atoms with Crippen molar-refractivity contribution in [3.63, 3.8) is 0 Å². The molecule has 0 amide bonds. The summed E-state index contributed by atoms with van der Waals surface area (Å²) in [6, 6.07) is 8.92. The van der Waals surface area contributed by atoms with Crippen LogP contribution in [0.1, 0.15) is 0 Å². The minimum absolute atomic E-state index is 0.104. The predicted molar refractivity (Wildman–Crippen MR) is 90.2 cm³/mol. The summed E-state index contributed by atoms with van der Waals surface area (Å²) in [4.78, 5) is 3.24. The molecule has 1 aromatic rings. The van der Waals surface area contributed by atoms with Gasteiger partial charge in [0.15, 0.2) is 15.9 Å². The Hall–Kier alpha value is -0.990. The maximum absolute atomic E-state index is 12.8. The standard InChI is InChI=1S/C17H26N2O4S/c20-24(21,17-4-2-1-3-5-17)15-16(19-8-12-23-13-9-19)14-18-6-10-22-11-7-18/h1-5,16H,6-15H2/p+2/t16-/m0/s1. The van der Waals surface area contributed by atoms with Gasteiger partial charge in [-0.3, -0.25) is 0 Å². The highest BCUT2D eigenvalue weighted by molar-refractivity contribution is 7.91. The largest absolute Gasteiger partial charge is 0.370 e. The molecule has 0 aromatic heterocycles. The first-order valence-corrected chi connectivity index (χ1v) is 10.4. The average molecular weight is 356 g/mol. The lowest BCUT2D eigenvalue weighted by atomic mass is 10.2. The highest BCUT2D eigenvalue weighted by atomic mass is 32.2. The summed E-state index contributed by atoms with van der Waals surface area (Å²) in [5.41, 5.74) is 0. The van der Waals surface area contributed by atoms with Crippen LogP contribution in [0, 0.1) is 0 Å². The topological polar surface area (TPSA) is 61.5 Å². The molecule has 1 atom stereocenters. The van der Waals surface area contributed by atoms with Gasteiger partial charge < -0.3 is 19.3 Å². The lowest BCUT2D eigenvalue weighted by Crippen LogP contribution is -3.25. The Kier molecular flexibility index (Phi) is 6.24. The molecule has 0 saturated carbocycles. The van der Waals surface area contributed by atoms with Gasteiger partial charge >= 0.3 is 0 Å². The highest BCUT2D eigenvalue weighted by Gasteiger charge is 2.34. The minimum Gasteiger partial charge on any atom is -0.370 e. The number of quaternary nitrogens is 2. The zero-order valence-corrected chi connectivity index (χ0v) is 14.9. The van der Waals surface area contributed by atoms with Crippen LogP contribution < -0.4 is 9.80 Å². The first kappa shape index (κ1) is 17.8. The Morgan fingerprint density at radius 2 is 1.50 bits per heavy atom. The Morgan fingerprint density at radius 3 is 2.12 bits per heavy atom. The van der Waals surface area contributed by atoms with Crippen molar-refractivity contribution in [3.05, 3.63) is 30.3 Å². The smallest absolute Gasteiger partial charge is 0.184 e. The van der Waals surface area contributed by atoms with Gasteiger partial charge in [-0.2, -0.15) is 0 Å². The van der Waals surface area contributed by atoms with Crippen molar-refractivity contribution in [2.45, 2.75) is 10.9 Å². The molecule has 2 fully saturated rings. The molecule has 2 N–H and O–H groups in total. The number of hydrogen-bond donors (Lipinski definition) is 2. The van der Waals surface area contributed by atoms with Gasteiger partial charge in [-0.25, -0.2) is 8.42 Å². The van der Waals surface area contributed by atoms with E-state index in [-0.39, 0.29) is 11.8 Å². The maximum Gasteiger partial charge on any atom is 0.184 e. The summed E-state index contributed by atoms with van der Waals surface area (Å²) in [7, 11) is -3.27. The second kappa shape index (κ2) is 8.40. The zero-order chi connectivity index (χ0) is 16.8. The summed E-state index contributed by atoms with van der Waals surface area (Å²) < 4.78 is 36.6. The molecule has 134 valence electrons. The van der Waals surface area contributed by atoms with Crippen molar-refractivity contribution in [2.24, 2.45) is 0 Å².